The zero-order chi connectivity index (χ0) is 14.1. The molecule has 18 heavy (non-hydrogen) atoms. The van der Waals surface area contributed by atoms with Gasteiger partial charge >= 0.3 is 0 Å². The molecule has 1 aromatic carbocycles. The summed E-state index contributed by atoms with van der Waals surface area (Å²) in [6.07, 6.45) is 0. The highest BCUT2D eigenvalue weighted by Crippen LogP contribution is 2.35. The summed E-state index contributed by atoms with van der Waals surface area (Å²) in [6, 6.07) is 2.40. The summed E-state index contributed by atoms with van der Waals surface area (Å²) in [5, 5.41) is 13.8. The van der Waals surface area contributed by atoms with E-state index in [-0.39, 0.29) is 21.4 Å². The van der Waals surface area contributed by atoms with E-state index < -0.39 is 16.4 Å². The second-order valence-electron chi connectivity index (χ2n) is 4.15. The minimum atomic E-state index is -1.15. The number of nitro benzene ring substituents is 1. The van der Waals surface area contributed by atoms with Crippen LogP contribution in [0.2, 0.25) is 10.0 Å². The zero-order valence-electron chi connectivity index (χ0n) is 9.66. The van der Waals surface area contributed by atoms with Crippen LogP contribution in [0.1, 0.15) is 13.8 Å². The van der Waals surface area contributed by atoms with Crippen LogP contribution in [0.3, 0.4) is 0 Å². The second kappa shape index (κ2) is 4.99. The Morgan fingerprint density at radius 2 is 1.89 bits per heavy atom. The van der Waals surface area contributed by atoms with Gasteiger partial charge in [-0.3, -0.25) is 14.9 Å². The first-order valence-electron chi connectivity index (χ1n) is 4.86. The van der Waals surface area contributed by atoms with Crippen LogP contribution in [0, 0.1) is 10.1 Å². The minimum absolute atomic E-state index is 0.0609. The van der Waals surface area contributed by atoms with E-state index in [0.29, 0.717) is 0 Å². The smallest absolute Gasteiger partial charge is 0.293 e. The molecule has 0 bridgehead atoms. The molecule has 0 radical (unpaired) electrons. The van der Waals surface area contributed by atoms with E-state index in [0.717, 1.165) is 6.07 Å². The third-order valence-corrected chi connectivity index (χ3v) is 3.02. The van der Waals surface area contributed by atoms with Crippen LogP contribution in [-0.2, 0) is 4.79 Å². The van der Waals surface area contributed by atoms with E-state index >= 15 is 0 Å². The molecule has 0 aliphatic heterocycles. The number of nitrogens with one attached hydrogen (secondary N) is 1. The van der Waals surface area contributed by atoms with E-state index in [9.17, 15) is 14.9 Å². The number of rotatable bonds is 4. The molecule has 0 heterocycles. The molecule has 0 fully saturated rings. The van der Waals surface area contributed by atoms with Gasteiger partial charge in [0, 0.05) is 6.07 Å². The Balaban J connectivity index is 3.27. The van der Waals surface area contributed by atoms with Crippen LogP contribution in [0.5, 0.6) is 0 Å². The molecule has 0 saturated carbocycles. The van der Waals surface area contributed by atoms with Crippen LogP contribution < -0.4 is 11.1 Å². The number of carbonyl (C=O) groups is 1. The van der Waals surface area contributed by atoms with Crippen molar-refractivity contribution in [3.8, 4) is 0 Å². The van der Waals surface area contributed by atoms with E-state index in [1.165, 1.54) is 19.9 Å². The molecule has 0 saturated heterocycles. The number of primary amides is 1. The van der Waals surface area contributed by atoms with Crippen molar-refractivity contribution in [3.05, 3.63) is 32.3 Å². The summed E-state index contributed by atoms with van der Waals surface area (Å²) in [7, 11) is 0. The van der Waals surface area contributed by atoms with E-state index in [1.807, 2.05) is 0 Å². The molecule has 0 spiro atoms. The number of nitro groups is 1. The highest BCUT2D eigenvalue weighted by atomic mass is 35.5. The summed E-state index contributed by atoms with van der Waals surface area (Å²) in [5.41, 5.74) is 3.83. The Bertz CT molecular complexity index is 517. The number of halogens is 2. The maximum absolute atomic E-state index is 11.2. The van der Waals surface area contributed by atoms with Gasteiger partial charge in [0.2, 0.25) is 5.91 Å². The Hall–Kier alpha value is -1.53. The fourth-order valence-electron chi connectivity index (χ4n) is 1.19. The predicted octanol–water partition coefficient (Wildman–Crippen LogP) is 2.58. The van der Waals surface area contributed by atoms with Crippen molar-refractivity contribution in [1.29, 1.82) is 0 Å². The number of benzene rings is 1. The first-order valence-corrected chi connectivity index (χ1v) is 5.62. The van der Waals surface area contributed by atoms with Crippen molar-refractivity contribution in [2.75, 3.05) is 5.32 Å². The highest BCUT2D eigenvalue weighted by Gasteiger charge is 2.28. The average Bonchev–Trinajstić information content (AvgIpc) is 2.22. The topological polar surface area (TPSA) is 98.3 Å². The predicted molar refractivity (Wildman–Crippen MR) is 70.0 cm³/mol. The molecule has 0 aliphatic rings. The van der Waals surface area contributed by atoms with Crippen LogP contribution in [0.25, 0.3) is 0 Å². The number of anilines is 1. The first-order chi connectivity index (χ1) is 8.15. The van der Waals surface area contributed by atoms with Crippen LogP contribution in [0.4, 0.5) is 11.4 Å². The van der Waals surface area contributed by atoms with Crippen LogP contribution in [-0.4, -0.2) is 16.4 Å². The number of nitrogens with zero attached hydrogens (tertiary/aromatic N) is 1. The molecule has 1 amide bonds. The van der Waals surface area contributed by atoms with E-state index in [2.05, 4.69) is 5.32 Å². The fraction of sp³-hybridized carbons (Fsp3) is 0.300. The van der Waals surface area contributed by atoms with Crippen molar-refractivity contribution in [2.24, 2.45) is 5.73 Å². The maximum atomic E-state index is 11.2. The molecule has 3 N–H and O–H groups in total. The normalized spacial score (nSPS) is 11.1. The molecule has 8 heteroatoms. The number of hydrogen-bond acceptors (Lipinski definition) is 4. The fourth-order valence-corrected chi connectivity index (χ4v) is 1.51. The van der Waals surface area contributed by atoms with Gasteiger partial charge in [-0.1, -0.05) is 23.2 Å². The maximum Gasteiger partial charge on any atom is 0.293 e. The number of carbonyl (C=O) groups excluding carboxylic acids is 1. The molecule has 0 atom stereocenters. The van der Waals surface area contributed by atoms with E-state index in [1.54, 1.807) is 0 Å². The van der Waals surface area contributed by atoms with Crippen molar-refractivity contribution in [3.63, 3.8) is 0 Å². The quantitative estimate of drug-likeness (QED) is 0.658. The van der Waals surface area contributed by atoms with Gasteiger partial charge in [0.25, 0.3) is 5.69 Å². The summed E-state index contributed by atoms with van der Waals surface area (Å²) >= 11 is 11.5. The van der Waals surface area contributed by atoms with E-state index in [4.69, 9.17) is 28.9 Å². The van der Waals surface area contributed by atoms with Gasteiger partial charge in [-0.05, 0) is 19.9 Å². The molecule has 1 aromatic rings. The van der Waals surface area contributed by atoms with Crippen LogP contribution in [0.15, 0.2) is 12.1 Å². The molecule has 1 rings (SSSR count). The van der Waals surface area contributed by atoms with Crippen molar-refractivity contribution in [1.82, 2.24) is 0 Å². The SMILES string of the molecule is CC(C)(Nc1cc(Cl)c(Cl)cc1[N+](=O)[O-])C(N)=O. The highest BCUT2D eigenvalue weighted by molar-refractivity contribution is 6.42. The van der Waals surface area contributed by atoms with Crippen LogP contribution >= 0.6 is 23.2 Å². The van der Waals surface area contributed by atoms with Gasteiger partial charge < -0.3 is 11.1 Å². The Kier molecular flexibility index (Phi) is 4.03. The summed E-state index contributed by atoms with van der Waals surface area (Å²) in [5.74, 6) is -0.650. The lowest BCUT2D eigenvalue weighted by Crippen LogP contribution is -2.45. The van der Waals surface area contributed by atoms with Crippen molar-refractivity contribution >= 4 is 40.5 Å². The lowest BCUT2D eigenvalue weighted by Gasteiger charge is -2.23. The summed E-state index contributed by atoms with van der Waals surface area (Å²) in [6.45, 7) is 3.00. The largest absolute Gasteiger partial charge is 0.368 e. The molecule has 0 unspecified atom stereocenters. The number of amides is 1. The molecule has 0 aromatic heterocycles. The molecule has 0 aliphatic carbocycles. The van der Waals surface area contributed by atoms with Crippen molar-refractivity contribution in [2.45, 2.75) is 19.4 Å². The lowest BCUT2D eigenvalue weighted by atomic mass is 10.0. The Morgan fingerprint density at radius 3 is 2.33 bits per heavy atom. The molecule has 6 nitrogen and oxygen atoms in total. The lowest BCUT2D eigenvalue weighted by molar-refractivity contribution is -0.384. The number of hydrogen-bond donors (Lipinski definition) is 2. The molecular formula is C10H11Cl2N3O3. The van der Waals surface area contributed by atoms with Gasteiger partial charge in [0.05, 0.1) is 15.0 Å². The Labute approximate surface area is 113 Å². The van der Waals surface area contributed by atoms with Gasteiger partial charge in [0.15, 0.2) is 0 Å². The van der Waals surface area contributed by atoms with Gasteiger partial charge in [0.1, 0.15) is 11.2 Å². The van der Waals surface area contributed by atoms with Gasteiger partial charge in [-0.15, -0.1) is 0 Å². The minimum Gasteiger partial charge on any atom is -0.368 e. The second-order valence-corrected chi connectivity index (χ2v) is 4.97. The molecular weight excluding hydrogens is 281 g/mol. The average molecular weight is 292 g/mol. The van der Waals surface area contributed by atoms with Gasteiger partial charge in [-0.2, -0.15) is 0 Å². The standard InChI is InChI=1S/C10H11Cl2N3O3/c1-10(2,9(13)16)14-7-3-5(11)6(12)4-8(7)15(17)18/h3-4,14H,1-2H3,(H2,13,16). The summed E-state index contributed by atoms with van der Waals surface area (Å²) in [4.78, 5) is 21.5. The van der Waals surface area contributed by atoms with Crippen molar-refractivity contribution < 1.29 is 9.72 Å². The first kappa shape index (κ1) is 14.5. The zero-order valence-corrected chi connectivity index (χ0v) is 11.2. The third kappa shape index (κ3) is 3.02. The third-order valence-electron chi connectivity index (χ3n) is 2.30. The van der Waals surface area contributed by atoms with Gasteiger partial charge in [-0.25, -0.2) is 0 Å². The molecule has 98 valence electrons. The Morgan fingerprint density at radius 1 is 1.39 bits per heavy atom. The summed E-state index contributed by atoms with van der Waals surface area (Å²) < 4.78 is 0. The number of nitrogens with two attached hydrogens (primary N) is 1. The monoisotopic (exact) mass is 291 g/mol.